The Bertz CT molecular complexity index is 323. The second-order valence-electron chi connectivity index (χ2n) is 2.19. The Morgan fingerprint density at radius 1 is 1.42 bits per heavy atom. The molecule has 1 aromatic rings. The van der Waals surface area contributed by atoms with Gasteiger partial charge in [-0.25, -0.2) is 0 Å². The van der Waals surface area contributed by atoms with Crippen LogP contribution in [0.2, 0.25) is 0 Å². The van der Waals surface area contributed by atoms with Crippen molar-refractivity contribution < 1.29 is 4.74 Å². The molecule has 0 saturated carbocycles. The normalized spacial score (nSPS) is 9.50. The van der Waals surface area contributed by atoms with Gasteiger partial charge in [-0.2, -0.15) is 0 Å². The quantitative estimate of drug-likeness (QED) is 0.777. The number of hydrogen-bond donors (Lipinski definition) is 0. The highest BCUT2D eigenvalue weighted by Gasteiger charge is 2.00. The Morgan fingerprint density at radius 2 is 2.08 bits per heavy atom. The third-order valence-electron chi connectivity index (χ3n) is 1.34. The van der Waals surface area contributed by atoms with E-state index in [1.54, 1.807) is 18.2 Å². The molecule has 64 valence electrons. The summed E-state index contributed by atoms with van der Waals surface area (Å²) in [7, 11) is 0. The van der Waals surface area contributed by atoms with Gasteiger partial charge >= 0.3 is 0 Å². The predicted molar refractivity (Wildman–Crippen MR) is 51.6 cm³/mol. The SMILES string of the molecule is CCOc1ccccc(=O)c1Br. The molecule has 0 aromatic heterocycles. The average molecular weight is 229 g/mol. The molecule has 3 heteroatoms. The van der Waals surface area contributed by atoms with Crippen molar-refractivity contribution in [3.05, 3.63) is 39.0 Å². The van der Waals surface area contributed by atoms with E-state index < -0.39 is 0 Å². The topological polar surface area (TPSA) is 26.3 Å². The van der Waals surface area contributed by atoms with E-state index in [1.807, 2.05) is 6.92 Å². The second-order valence-corrected chi connectivity index (χ2v) is 2.99. The first-order valence-corrected chi connectivity index (χ1v) is 4.46. The Labute approximate surface area is 79.3 Å². The summed E-state index contributed by atoms with van der Waals surface area (Å²) >= 11 is 3.17. The van der Waals surface area contributed by atoms with Crippen molar-refractivity contribution in [2.45, 2.75) is 6.92 Å². The molecule has 0 fully saturated rings. The van der Waals surface area contributed by atoms with Crippen LogP contribution in [-0.2, 0) is 0 Å². The van der Waals surface area contributed by atoms with Crippen LogP contribution in [0.3, 0.4) is 0 Å². The first-order valence-electron chi connectivity index (χ1n) is 3.67. The van der Waals surface area contributed by atoms with Gasteiger partial charge < -0.3 is 4.74 Å². The second kappa shape index (κ2) is 4.26. The van der Waals surface area contributed by atoms with Crippen LogP contribution in [0.15, 0.2) is 33.5 Å². The summed E-state index contributed by atoms with van der Waals surface area (Å²) in [6, 6.07) is 6.72. The lowest BCUT2D eigenvalue weighted by Crippen LogP contribution is -1.99. The van der Waals surface area contributed by atoms with E-state index in [1.165, 1.54) is 6.07 Å². The standard InChI is InChI=1S/C9H9BrO2/c1-2-12-8-6-4-3-5-7(11)9(8)10/h3-6H,2H2,1H3. The van der Waals surface area contributed by atoms with Gasteiger partial charge in [-0.15, -0.1) is 0 Å². The minimum Gasteiger partial charge on any atom is -0.493 e. The fourth-order valence-electron chi connectivity index (χ4n) is 0.821. The predicted octanol–water partition coefficient (Wildman–Crippen LogP) is 2.21. The molecule has 0 aliphatic heterocycles. The molecule has 0 unspecified atom stereocenters. The van der Waals surface area contributed by atoms with Gasteiger partial charge in [0.05, 0.1) is 6.61 Å². The molecule has 0 amide bonds. The minimum atomic E-state index is -0.0662. The van der Waals surface area contributed by atoms with Crippen LogP contribution in [0.1, 0.15) is 6.92 Å². The van der Waals surface area contributed by atoms with Crippen LogP contribution in [0.5, 0.6) is 5.75 Å². The third kappa shape index (κ3) is 2.08. The van der Waals surface area contributed by atoms with Crippen molar-refractivity contribution in [2.75, 3.05) is 6.61 Å². The maximum atomic E-state index is 11.2. The largest absolute Gasteiger partial charge is 0.493 e. The van der Waals surface area contributed by atoms with Crippen molar-refractivity contribution in [1.29, 1.82) is 0 Å². The van der Waals surface area contributed by atoms with Crippen molar-refractivity contribution in [3.8, 4) is 5.75 Å². The Balaban J connectivity index is 3.22. The first-order chi connectivity index (χ1) is 5.75. The number of ether oxygens (including phenoxy) is 1. The van der Waals surface area contributed by atoms with Crippen LogP contribution in [-0.4, -0.2) is 6.61 Å². The van der Waals surface area contributed by atoms with Gasteiger partial charge in [0.25, 0.3) is 0 Å². The average Bonchev–Trinajstić information content (AvgIpc) is 2.20. The van der Waals surface area contributed by atoms with Crippen LogP contribution in [0, 0.1) is 0 Å². The minimum absolute atomic E-state index is 0.0662. The van der Waals surface area contributed by atoms with Crippen molar-refractivity contribution in [3.63, 3.8) is 0 Å². The van der Waals surface area contributed by atoms with Crippen molar-refractivity contribution in [1.82, 2.24) is 0 Å². The number of hydrogen-bond acceptors (Lipinski definition) is 2. The summed E-state index contributed by atoms with van der Waals surface area (Å²) in [5, 5.41) is 0. The zero-order valence-corrected chi connectivity index (χ0v) is 8.30. The molecule has 0 aliphatic carbocycles. The van der Waals surface area contributed by atoms with Gasteiger partial charge in [-0.3, -0.25) is 4.79 Å². The third-order valence-corrected chi connectivity index (χ3v) is 2.12. The van der Waals surface area contributed by atoms with Gasteiger partial charge in [0, 0.05) is 0 Å². The summed E-state index contributed by atoms with van der Waals surface area (Å²) in [5.74, 6) is 0.590. The smallest absolute Gasteiger partial charge is 0.196 e. The fourth-order valence-corrected chi connectivity index (χ4v) is 1.20. The summed E-state index contributed by atoms with van der Waals surface area (Å²) < 4.78 is 5.71. The van der Waals surface area contributed by atoms with Crippen molar-refractivity contribution in [2.24, 2.45) is 0 Å². The Kier molecular flexibility index (Phi) is 3.29. The van der Waals surface area contributed by atoms with Crippen LogP contribution < -0.4 is 10.2 Å². The van der Waals surface area contributed by atoms with Gasteiger partial charge in [0.2, 0.25) is 0 Å². The lowest BCUT2D eigenvalue weighted by molar-refractivity contribution is 0.338. The molecule has 0 saturated heterocycles. The molecule has 1 aromatic carbocycles. The Morgan fingerprint density at radius 3 is 2.75 bits per heavy atom. The van der Waals surface area contributed by atoms with Gasteiger partial charge in [-0.05, 0) is 35.0 Å². The lowest BCUT2D eigenvalue weighted by Gasteiger charge is -2.00. The molecule has 0 atom stereocenters. The van der Waals surface area contributed by atoms with E-state index in [4.69, 9.17) is 4.74 Å². The molecule has 12 heavy (non-hydrogen) atoms. The molecule has 0 radical (unpaired) electrons. The van der Waals surface area contributed by atoms with Gasteiger partial charge in [0.1, 0.15) is 10.2 Å². The molecule has 2 nitrogen and oxygen atoms in total. The van der Waals surface area contributed by atoms with E-state index in [-0.39, 0.29) is 5.43 Å². The fraction of sp³-hybridized carbons (Fsp3) is 0.222. The van der Waals surface area contributed by atoms with Gasteiger partial charge in [-0.1, -0.05) is 12.1 Å². The molecule has 0 bridgehead atoms. The molecule has 0 aliphatic rings. The molecule has 0 N–H and O–H groups in total. The maximum Gasteiger partial charge on any atom is 0.196 e. The molecule has 0 heterocycles. The first kappa shape index (κ1) is 9.26. The summed E-state index contributed by atoms with van der Waals surface area (Å²) in [6.07, 6.45) is 0. The highest BCUT2D eigenvalue weighted by molar-refractivity contribution is 9.10. The number of halogens is 1. The summed E-state index contributed by atoms with van der Waals surface area (Å²) in [4.78, 5) is 11.2. The highest BCUT2D eigenvalue weighted by Crippen LogP contribution is 2.18. The molecular weight excluding hydrogens is 220 g/mol. The summed E-state index contributed by atoms with van der Waals surface area (Å²) in [5.41, 5.74) is -0.0662. The van der Waals surface area contributed by atoms with E-state index in [0.29, 0.717) is 16.8 Å². The van der Waals surface area contributed by atoms with Crippen LogP contribution in [0.4, 0.5) is 0 Å². The zero-order chi connectivity index (χ0) is 8.97. The van der Waals surface area contributed by atoms with E-state index >= 15 is 0 Å². The van der Waals surface area contributed by atoms with Crippen molar-refractivity contribution >= 4 is 15.9 Å². The van der Waals surface area contributed by atoms with Crippen LogP contribution in [0.25, 0.3) is 0 Å². The zero-order valence-electron chi connectivity index (χ0n) is 6.71. The summed E-state index contributed by atoms with van der Waals surface area (Å²) in [6.45, 7) is 2.44. The van der Waals surface area contributed by atoms with Crippen LogP contribution >= 0.6 is 15.9 Å². The van der Waals surface area contributed by atoms with Gasteiger partial charge in [0.15, 0.2) is 5.43 Å². The molecule has 1 rings (SSSR count). The monoisotopic (exact) mass is 228 g/mol. The maximum absolute atomic E-state index is 11.2. The van der Waals surface area contributed by atoms with E-state index in [0.717, 1.165) is 0 Å². The Hall–Kier alpha value is -0.830. The lowest BCUT2D eigenvalue weighted by atomic mass is 10.5. The van der Waals surface area contributed by atoms with E-state index in [9.17, 15) is 4.79 Å². The molecule has 0 spiro atoms. The molecular formula is C9H9BrO2. The highest BCUT2D eigenvalue weighted by atomic mass is 79.9. The van der Waals surface area contributed by atoms with E-state index in [2.05, 4.69) is 15.9 Å². The number of rotatable bonds is 2.